The third kappa shape index (κ3) is 4.00. The number of terminal acetylenes is 1. The van der Waals surface area contributed by atoms with Gasteiger partial charge in [0, 0.05) is 5.02 Å². The minimum absolute atomic E-state index is 0.0332. The second-order valence-corrected chi connectivity index (χ2v) is 3.65. The molecule has 0 bridgehead atoms. The Balaban J connectivity index is 2.72. The predicted octanol–water partition coefficient (Wildman–Crippen LogP) is 1.17. The summed E-state index contributed by atoms with van der Waals surface area (Å²) in [5, 5.41) is 11.6. The van der Waals surface area contributed by atoms with Crippen LogP contribution in [-0.4, -0.2) is 30.1 Å². The van der Waals surface area contributed by atoms with Gasteiger partial charge in [0.05, 0.1) is 6.54 Å². The minimum atomic E-state index is -1.16. The molecule has 0 aromatic heterocycles. The number of hydrogen-bond donors (Lipinski definition) is 2. The van der Waals surface area contributed by atoms with Gasteiger partial charge in [-0.05, 0) is 18.2 Å². The van der Waals surface area contributed by atoms with E-state index in [1.165, 1.54) is 18.2 Å². The van der Waals surface area contributed by atoms with Crippen molar-refractivity contribution in [2.75, 3.05) is 13.2 Å². The van der Waals surface area contributed by atoms with E-state index in [2.05, 4.69) is 11.2 Å². The lowest BCUT2D eigenvalue weighted by Crippen LogP contribution is -2.29. The molecule has 18 heavy (non-hydrogen) atoms. The number of carbonyl (C=O) groups is 2. The average molecular weight is 268 g/mol. The second kappa shape index (κ2) is 6.52. The zero-order valence-electron chi connectivity index (χ0n) is 9.27. The number of ether oxygens (including phenoxy) is 1. The number of halogens is 1. The summed E-state index contributed by atoms with van der Waals surface area (Å²) in [6.07, 6.45) is 4.97. The number of hydrogen-bond acceptors (Lipinski definition) is 3. The van der Waals surface area contributed by atoms with Crippen molar-refractivity contribution in [1.82, 2.24) is 5.32 Å². The largest absolute Gasteiger partial charge is 0.483 e. The van der Waals surface area contributed by atoms with E-state index in [1.807, 2.05) is 0 Å². The molecule has 0 saturated carbocycles. The predicted molar refractivity (Wildman–Crippen MR) is 65.7 cm³/mol. The monoisotopic (exact) mass is 267 g/mol. The fourth-order valence-corrected chi connectivity index (χ4v) is 1.30. The van der Waals surface area contributed by atoms with Gasteiger partial charge in [-0.15, -0.1) is 6.42 Å². The van der Waals surface area contributed by atoms with Gasteiger partial charge in [-0.3, -0.25) is 4.79 Å². The Kier molecular flexibility index (Phi) is 5.03. The Morgan fingerprint density at radius 2 is 2.22 bits per heavy atom. The lowest BCUT2D eigenvalue weighted by Gasteiger charge is -2.09. The van der Waals surface area contributed by atoms with Crippen LogP contribution < -0.4 is 10.1 Å². The van der Waals surface area contributed by atoms with Crippen molar-refractivity contribution < 1.29 is 19.4 Å². The number of nitrogens with one attached hydrogen (secondary N) is 1. The van der Waals surface area contributed by atoms with Gasteiger partial charge in [0.25, 0.3) is 5.91 Å². The molecule has 0 aliphatic rings. The van der Waals surface area contributed by atoms with Crippen LogP contribution in [0.4, 0.5) is 0 Å². The van der Waals surface area contributed by atoms with Crippen LogP contribution in [0.15, 0.2) is 18.2 Å². The van der Waals surface area contributed by atoms with Crippen LogP contribution in [0.25, 0.3) is 0 Å². The summed E-state index contributed by atoms with van der Waals surface area (Å²) in [6.45, 7) is -0.244. The summed E-state index contributed by atoms with van der Waals surface area (Å²) in [6, 6.07) is 4.06. The third-order valence-electron chi connectivity index (χ3n) is 1.92. The van der Waals surface area contributed by atoms with E-state index in [0.29, 0.717) is 5.02 Å². The normalized spacial score (nSPS) is 9.33. The number of carbonyl (C=O) groups excluding carboxylic acids is 1. The number of carboxylic acids is 1. The summed E-state index contributed by atoms with van der Waals surface area (Å²) in [5.74, 6) is 0.664. The fraction of sp³-hybridized carbons (Fsp3) is 0.167. The molecule has 0 aliphatic heterocycles. The lowest BCUT2D eigenvalue weighted by molar-refractivity contribution is -0.122. The Morgan fingerprint density at radius 1 is 1.50 bits per heavy atom. The van der Waals surface area contributed by atoms with E-state index in [1.54, 1.807) is 0 Å². The van der Waals surface area contributed by atoms with Crippen molar-refractivity contribution in [3.8, 4) is 18.1 Å². The van der Waals surface area contributed by atoms with Gasteiger partial charge < -0.3 is 15.2 Å². The first-order valence-electron chi connectivity index (χ1n) is 4.90. The Morgan fingerprint density at radius 3 is 2.83 bits per heavy atom. The zero-order chi connectivity index (χ0) is 13.5. The van der Waals surface area contributed by atoms with Crippen molar-refractivity contribution in [1.29, 1.82) is 0 Å². The maximum atomic E-state index is 11.2. The zero-order valence-corrected chi connectivity index (χ0v) is 10.0. The van der Waals surface area contributed by atoms with Crippen LogP contribution in [0.5, 0.6) is 5.75 Å². The molecule has 1 rings (SSSR count). The van der Waals surface area contributed by atoms with E-state index in [9.17, 15) is 9.59 Å². The van der Waals surface area contributed by atoms with Crippen molar-refractivity contribution >= 4 is 23.5 Å². The van der Waals surface area contributed by atoms with Crippen LogP contribution in [0, 0.1) is 12.3 Å². The number of carboxylic acid groups (broad SMARTS) is 1. The Bertz CT molecular complexity index is 507. The van der Waals surface area contributed by atoms with Crippen molar-refractivity contribution in [2.24, 2.45) is 0 Å². The fourth-order valence-electron chi connectivity index (χ4n) is 1.14. The average Bonchev–Trinajstić information content (AvgIpc) is 2.33. The topological polar surface area (TPSA) is 75.6 Å². The smallest absolute Gasteiger partial charge is 0.339 e. The molecule has 0 unspecified atom stereocenters. The minimum Gasteiger partial charge on any atom is -0.483 e. The summed E-state index contributed by atoms with van der Waals surface area (Å²) in [4.78, 5) is 22.1. The van der Waals surface area contributed by atoms with Gasteiger partial charge in [0.2, 0.25) is 0 Å². The Hall–Kier alpha value is -2.19. The number of rotatable bonds is 5. The molecule has 0 spiro atoms. The van der Waals surface area contributed by atoms with Crippen molar-refractivity contribution in [3.63, 3.8) is 0 Å². The molecule has 0 heterocycles. The molecule has 94 valence electrons. The highest BCUT2D eigenvalue weighted by molar-refractivity contribution is 6.30. The maximum Gasteiger partial charge on any atom is 0.339 e. The number of amides is 1. The SMILES string of the molecule is C#CCNC(=O)COc1cc(Cl)ccc1C(=O)O. The van der Waals surface area contributed by atoms with Gasteiger partial charge in [0.15, 0.2) is 6.61 Å². The van der Waals surface area contributed by atoms with Crippen LogP contribution in [0.3, 0.4) is 0 Å². The number of benzene rings is 1. The van der Waals surface area contributed by atoms with Gasteiger partial charge >= 0.3 is 5.97 Å². The van der Waals surface area contributed by atoms with E-state index in [0.717, 1.165) is 0 Å². The van der Waals surface area contributed by atoms with Gasteiger partial charge in [-0.25, -0.2) is 4.79 Å². The first-order valence-corrected chi connectivity index (χ1v) is 5.28. The summed E-state index contributed by atoms with van der Waals surface area (Å²) in [7, 11) is 0. The second-order valence-electron chi connectivity index (χ2n) is 3.22. The molecule has 6 heteroatoms. The summed E-state index contributed by atoms with van der Waals surface area (Å²) >= 11 is 5.72. The van der Waals surface area contributed by atoms with Gasteiger partial charge in [0.1, 0.15) is 11.3 Å². The standard InChI is InChI=1S/C12H10ClNO4/c1-2-5-14-11(15)7-18-10-6-8(13)3-4-9(10)12(16)17/h1,3-4,6H,5,7H2,(H,14,15)(H,16,17). The van der Waals surface area contributed by atoms with Gasteiger partial charge in [-0.1, -0.05) is 17.5 Å². The first-order chi connectivity index (χ1) is 8.54. The molecule has 1 amide bonds. The van der Waals surface area contributed by atoms with Crippen LogP contribution in [0.1, 0.15) is 10.4 Å². The molecule has 1 aromatic carbocycles. The third-order valence-corrected chi connectivity index (χ3v) is 2.16. The van der Waals surface area contributed by atoms with Crippen LogP contribution in [-0.2, 0) is 4.79 Å². The highest BCUT2D eigenvalue weighted by atomic mass is 35.5. The maximum absolute atomic E-state index is 11.2. The molecular formula is C12H10ClNO4. The van der Waals surface area contributed by atoms with Crippen molar-refractivity contribution in [3.05, 3.63) is 28.8 Å². The highest BCUT2D eigenvalue weighted by Crippen LogP contribution is 2.23. The van der Waals surface area contributed by atoms with Gasteiger partial charge in [-0.2, -0.15) is 0 Å². The molecule has 0 radical (unpaired) electrons. The highest BCUT2D eigenvalue weighted by Gasteiger charge is 2.12. The van der Waals surface area contributed by atoms with E-state index < -0.39 is 11.9 Å². The lowest BCUT2D eigenvalue weighted by atomic mass is 10.2. The van der Waals surface area contributed by atoms with Crippen LogP contribution in [0.2, 0.25) is 5.02 Å². The first kappa shape index (κ1) is 13.9. The molecule has 0 saturated heterocycles. The summed E-state index contributed by atoms with van der Waals surface area (Å²) < 4.78 is 5.09. The molecule has 1 aromatic rings. The molecule has 0 aliphatic carbocycles. The molecule has 0 atom stereocenters. The van der Waals surface area contributed by atoms with E-state index in [4.69, 9.17) is 27.9 Å². The van der Waals surface area contributed by atoms with Crippen molar-refractivity contribution in [2.45, 2.75) is 0 Å². The molecule has 2 N–H and O–H groups in total. The quantitative estimate of drug-likeness (QED) is 0.785. The molecular weight excluding hydrogens is 258 g/mol. The summed E-state index contributed by atoms with van der Waals surface area (Å²) in [5.41, 5.74) is -0.0656. The molecule has 0 fully saturated rings. The molecule has 5 nitrogen and oxygen atoms in total. The van der Waals surface area contributed by atoms with E-state index >= 15 is 0 Å². The number of aromatic carboxylic acids is 1. The van der Waals surface area contributed by atoms with Crippen LogP contribution >= 0.6 is 11.6 Å². The van der Waals surface area contributed by atoms with E-state index in [-0.39, 0.29) is 24.5 Å². The Labute approximate surface area is 109 Å².